The Labute approximate surface area is 208 Å². The summed E-state index contributed by atoms with van der Waals surface area (Å²) in [6.45, 7) is 1.82. The van der Waals surface area contributed by atoms with Crippen LogP contribution in [0.5, 0.6) is 11.5 Å². The molecule has 3 heterocycles. The summed E-state index contributed by atoms with van der Waals surface area (Å²) in [7, 11) is 0. The van der Waals surface area contributed by atoms with E-state index in [1.54, 1.807) is 24.3 Å². The van der Waals surface area contributed by atoms with Crippen LogP contribution in [0.15, 0.2) is 30.3 Å². The zero-order valence-corrected chi connectivity index (χ0v) is 19.9. The lowest BCUT2D eigenvalue weighted by Gasteiger charge is -2.64. The van der Waals surface area contributed by atoms with E-state index < -0.39 is 23.2 Å². The molecule has 8 heteroatoms. The van der Waals surface area contributed by atoms with Crippen LogP contribution in [0, 0.1) is 5.92 Å². The first-order chi connectivity index (χ1) is 17.3. The summed E-state index contributed by atoms with van der Waals surface area (Å²) in [5.74, 6) is 0.462. The molecule has 3 fully saturated rings. The van der Waals surface area contributed by atoms with Crippen LogP contribution in [-0.4, -0.2) is 68.7 Å². The Morgan fingerprint density at radius 2 is 1.86 bits per heavy atom. The van der Waals surface area contributed by atoms with E-state index in [1.807, 2.05) is 6.07 Å². The predicted molar refractivity (Wildman–Crippen MR) is 130 cm³/mol. The van der Waals surface area contributed by atoms with Gasteiger partial charge in [0.25, 0.3) is 11.8 Å². The first-order valence-corrected chi connectivity index (χ1v) is 13.1. The third-order valence-corrected chi connectivity index (χ3v) is 10.0. The topological polar surface area (TPSA) is 116 Å². The highest BCUT2D eigenvalue weighted by Crippen LogP contribution is 2.66. The van der Waals surface area contributed by atoms with Crippen molar-refractivity contribution in [1.29, 1.82) is 0 Å². The molecule has 1 saturated heterocycles. The smallest absolute Gasteiger partial charge is 0.262 e. The molecule has 0 radical (unpaired) electrons. The number of hydrogen-bond acceptors (Lipinski definition) is 7. The number of amides is 2. The van der Waals surface area contributed by atoms with Crippen LogP contribution in [0.3, 0.4) is 0 Å². The number of piperidine rings is 1. The molecule has 2 aromatic rings. The van der Waals surface area contributed by atoms with E-state index in [4.69, 9.17) is 10.5 Å². The molecule has 4 N–H and O–H groups in total. The number of carbonyl (C=O) groups excluding carboxylic acids is 2. The maximum absolute atomic E-state index is 13.6. The summed E-state index contributed by atoms with van der Waals surface area (Å²) in [5.41, 5.74) is 7.18. The lowest BCUT2D eigenvalue weighted by molar-refractivity contribution is -0.196. The summed E-state index contributed by atoms with van der Waals surface area (Å²) in [6, 6.07) is 7.85. The number of carbonyl (C=O) groups is 2. The van der Waals surface area contributed by atoms with Gasteiger partial charge in [0, 0.05) is 23.8 Å². The maximum Gasteiger partial charge on any atom is 0.262 e. The van der Waals surface area contributed by atoms with Gasteiger partial charge in [-0.15, -0.1) is 0 Å². The molecular formula is C28H29N3O5. The second kappa shape index (κ2) is 6.61. The number of likely N-dealkylation sites (tertiary alicyclic amines) is 1. The molecule has 8 nitrogen and oxygen atoms in total. The number of benzene rings is 2. The van der Waals surface area contributed by atoms with E-state index in [2.05, 4.69) is 4.90 Å². The lowest BCUT2D eigenvalue weighted by atomic mass is 9.48. The molecular weight excluding hydrogens is 458 g/mol. The summed E-state index contributed by atoms with van der Waals surface area (Å²) in [4.78, 5) is 30.9. The number of phenols is 1. The predicted octanol–water partition coefficient (Wildman–Crippen LogP) is 2.20. The number of nitrogens with two attached hydrogens (primary N) is 1. The van der Waals surface area contributed by atoms with Gasteiger partial charge in [0.1, 0.15) is 6.10 Å². The fourth-order valence-electron chi connectivity index (χ4n) is 8.30. The van der Waals surface area contributed by atoms with Crippen LogP contribution in [0.1, 0.15) is 63.9 Å². The van der Waals surface area contributed by atoms with Crippen molar-refractivity contribution in [2.24, 2.45) is 5.92 Å². The van der Waals surface area contributed by atoms with Crippen molar-refractivity contribution in [2.75, 3.05) is 18.8 Å². The van der Waals surface area contributed by atoms with Gasteiger partial charge in [0.2, 0.25) is 0 Å². The van der Waals surface area contributed by atoms with Gasteiger partial charge in [-0.05, 0) is 80.8 Å². The van der Waals surface area contributed by atoms with Crippen LogP contribution in [-0.2, 0) is 11.8 Å². The second-order valence-corrected chi connectivity index (χ2v) is 11.7. The van der Waals surface area contributed by atoms with Gasteiger partial charge in [-0.1, -0.05) is 6.07 Å². The zero-order valence-electron chi connectivity index (χ0n) is 19.9. The third-order valence-electron chi connectivity index (χ3n) is 10.0. The third kappa shape index (κ3) is 2.33. The van der Waals surface area contributed by atoms with Crippen LogP contribution < -0.4 is 10.5 Å². The number of aliphatic hydroxyl groups is 1. The number of nitrogens with zero attached hydrogens (tertiary/aromatic N) is 2. The quantitative estimate of drug-likeness (QED) is 0.449. The van der Waals surface area contributed by atoms with Crippen LogP contribution >= 0.6 is 0 Å². The average molecular weight is 488 g/mol. The summed E-state index contributed by atoms with van der Waals surface area (Å²) < 4.78 is 6.55. The molecule has 1 spiro atoms. The van der Waals surface area contributed by atoms with Crippen LogP contribution in [0.25, 0.3) is 0 Å². The Hall–Kier alpha value is -3.10. The van der Waals surface area contributed by atoms with E-state index in [0.29, 0.717) is 54.2 Å². The van der Waals surface area contributed by atoms with E-state index >= 15 is 0 Å². The van der Waals surface area contributed by atoms with E-state index in [9.17, 15) is 19.8 Å². The van der Waals surface area contributed by atoms with Crippen molar-refractivity contribution in [1.82, 2.24) is 9.80 Å². The number of phenolic OH excluding ortho intramolecular Hbond substituents is 1. The maximum atomic E-state index is 13.6. The summed E-state index contributed by atoms with van der Waals surface area (Å²) in [5, 5.41) is 23.4. The highest BCUT2D eigenvalue weighted by Gasteiger charge is 2.74. The molecule has 2 aromatic carbocycles. The number of rotatable bonds is 3. The SMILES string of the molecule is Nc1ccc2c(c1)C(=O)N([C@@H]1CC[C@@]3(O)[C@@H]4Cc5ccc(O)c6c5[C@@]3(CCN4CC3CC3)[C@H]1O6)C2=O. The van der Waals surface area contributed by atoms with Crippen molar-refractivity contribution < 1.29 is 24.5 Å². The minimum Gasteiger partial charge on any atom is -0.504 e. The Morgan fingerprint density at radius 1 is 1.06 bits per heavy atom. The van der Waals surface area contributed by atoms with Crippen molar-refractivity contribution in [3.63, 3.8) is 0 Å². The van der Waals surface area contributed by atoms with Gasteiger partial charge in [-0.25, -0.2) is 0 Å². The highest BCUT2D eigenvalue weighted by atomic mass is 16.5. The molecule has 8 rings (SSSR count). The van der Waals surface area contributed by atoms with Gasteiger partial charge >= 0.3 is 0 Å². The number of hydrogen-bond donors (Lipinski definition) is 3. The van der Waals surface area contributed by atoms with Gasteiger partial charge < -0.3 is 20.7 Å². The number of imide groups is 1. The van der Waals surface area contributed by atoms with Gasteiger partial charge in [0.05, 0.1) is 28.2 Å². The molecule has 186 valence electrons. The van der Waals surface area contributed by atoms with Crippen molar-refractivity contribution >= 4 is 17.5 Å². The molecule has 3 aliphatic heterocycles. The standard InChI is InChI=1S/C28H29N3O5/c29-16-4-5-17-18(12-16)26(34)31(25(17)33)19-7-8-28(35)21-11-15-3-6-20(32)23-22(15)27(28,24(19)36-23)9-10-30(21)13-14-1-2-14/h3-6,12,14,19,21,24,32,35H,1-2,7-11,13,29H2/t19-,21+,24+,27+,28-/m1/s1. The Balaban J connectivity index is 1.27. The monoisotopic (exact) mass is 487 g/mol. The molecule has 6 aliphatic rings. The Morgan fingerprint density at radius 3 is 2.67 bits per heavy atom. The molecule has 0 unspecified atom stereocenters. The fraction of sp³-hybridized carbons (Fsp3) is 0.500. The molecule has 3 aliphatic carbocycles. The number of nitrogen functional groups attached to an aromatic ring is 1. The molecule has 2 amide bonds. The number of ether oxygens (including phenoxy) is 1. The Bertz CT molecular complexity index is 1370. The van der Waals surface area contributed by atoms with E-state index in [-0.39, 0.29) is 23.6 Å². The minimum absolute atomic E-state index is 0.0487. The van der Waals surface area contributed by atoms with E-state index in [1.165, 1.54) is 17.7 Å². The van der Waals surface area contributed by atoms with Crippen LogP contribution in [0.2, 0.25) is 0 Å². The molecule has 2 saturated carbocycles. The van der Waals surface area contributed by atoms with Crippen LogP contribution in [0.4, 0.5) is 5.69 Å². The first kappa shape index (κ1) is 21.0. The number of aromatic hydroxyl groups is 1. The van der Waals surface area contributed by atoms with Crippen molar-refractivity contribution in [3.05, 3.63) is 52.6 Å². The van der Waals surface area contributed by atoms with Crippen molar-refractivity contribution in [3.8, 4) is 11.5 Å². The molecule has 36 heavy (non-hydrogen) atoms. The molecule has 5 atom stereocenters. The largest absolute Gasteiger partial charge is 0.504 e. The van der Waals surface area contributed by atoms with Crippen molar-refractivity contribution in [2.45, 2.75) is 67.7 Å². The zero-order chi connectivity index (χ0) is 24.6. The summed E-state index contributed by atoms with van der Waals surface area (Å²) >= 11 is 0. The number of fused-ring (bicyclic) bond motifs is 1. The normalized spacial score (nSPS) is 36.0. The van der Waals surface area contributed by atoms with Gasteiger partial charge in [-0.2, -0.15) is 0 Å². The fourth-order valence-corrected chi connectivity index (χ4v) is 8.30. The summed E-state index contributed by atoms with van der Waals surface area (Å²) in [6.07, 6.45) is 4.16. The number of anilines is 1. The average Bonchev–Trinajstić information content (AvgIpc) is 3.55. The molecule has 2 bridgehead atoms. The first-order valence-electron chi connectivity index (χ1n) is 13.1. The van der Waals surface area contributed by atoms with Gasteiger partial charge in [-0.3, -0.25) is 19.4 Å². The lowest BCUT2D eigenvalue weighted by Crippen LogP contribution is -2.78. The Kier molecular flexibility index (Phi) is 3.86. The second-order valence-electron chi connectivity index (χ2n) is 11.7. The highest BCUT2D eigenvalue weighted by molar-refractivity contribution is 6.22. The minimum atomic E-state index is -1.06. The van der Waals surface area contributed by atoms with Gasteiger partial charge in [0.15, 0.2) is 11.5 Å². The van der Waals surface area contributed by atoms with E-state index in [0.717, 1.165) is 24.2 Å². The molecule has 0 aromatic heterocycles.